The van der Waals surface area contributed by atoms with Gasteiger partial charge in [0.15, 0.2) is 0 Å². The first-order valence-corrected chi connectivity index (χ1v) is 13.1. The molecule has 0 spiro atoms. The number of halogens is 6. The van der Waals surface area contributed by atoms with Gasteiger partial charge in [-0.2, -0.15) is 26.3 Å². The number of carbonyl (C=O) groups excluding carboxylic acids is 1. The van der Waals surface area contributed by atoms with Gasteiger partial charge in [0.25, 0.3) is 0 Å². The number of benzene rings is 2. The lowest BCUT2D eigenvalue weighted by molar-refractivity contribution is -0.143. The first-order valence-electron chi connectivity index (χ1n) is 13.1. The Morgan fingerprint density at radius 1 is 0.881 bits per heavy atom. The molecule has 0 aliphatic carbocycles. The number of amides is 1. The summed E-state index contributed by atoms with van der Waals surface area (Å²) >= 11 is 0. The zero-order valence-electron chi connectivity index (χ0n) is 23.4. The van der Waals surface area contributed by atoms with Gasteiger partial charge < -0.3 is 20.0 Å². The van der Waals surface area contributed by atoms with Crippen molar-refractivity contribution in [3.8, 4) is 11.1 Å². The maximum atomic E-state index is 13.9. The minimum Gasteiger partial charge on any atom is -0.391 e. The van der Waals surface area contributed by atoms with Crippen LogP contribution in [0.1, 0.15) is 42.5 Å². The molecule has 2 atom stereocenters. The predicted molar refractivity (Wildman–Crippen MR) is 146 cm³/mol. The maximum Gasteiger partial charge on any atom is 0.416 e. The van der Waals surface area contributed by atoms with E-state index in [4.69, 9.17) is 0 Å². The minimum atomic E-state index is -5.06. The van der Waals surface area contributed by atoms with E-state index < -0.39 is 52.6 Å². The molecule has 0 bridgehead atoms. The van der Waals surface area contributed by atoms with Gasteiger partial charge in [0.1, 0.15) is 5.82 Å². The number of anilines is 2. The lowest BCUT2D eigenvalue weighted by Crippen LogP contribution is -2.46. The van der Waals surface area contributed by atoms with Gasteiger partial charge in [-0.25, -0.2) is 4.98 Å². The summed E-state index contributed by atoms with van der Waals surface area (Å²) in [6.07, 6.45) is -10.1. The molecule has 6 nitrogen and oxygen atoms in total. The summed E-state index contributed by atoms with van der Waals surface area (Å²) in [5.41, 5.74) is -2.92. The van der Waals surface area contributed by atoms with Crippen LogP contribution < -0.4 is 9.80 Å². The summed E-state index contributed by atoms with van der Waals surface area (Å²) in [6.45, 7) is 4.83. The van der Waals surface area contributed by atoms with E-state index in [1.54, 1.807) is 17.0 Å². The van der Waals surface area contributed by atoms with Crippen LogP contribution in [0.4, 0.5) is 37.8 Å². The van der Waals surface area contributed by atoms with Crippen molar-refractivity contribution in [3.63, 3.8) is 0 Å². The molecule has 2 aromatic carbocycles. The molecule has 3 aromatic rings. The molecule has 1 amide bonds. The van der Waals surface area contributed by atoms with E-state index in [1.165, 1.54) is 32.0 Å². The quantitative estimate of drug-likeness (QED) is 0.356. The van der Waals surface area contributed by atoms with E-state index in [0.717, 1.165) is 5.56 Å². The molecule has 226 valence electrons. The molecule has 1 aliphatic rings. The van der Waals surface area contributed by atoms with E-state index in [9.17, 15) is 41.4 Å². The highest BCUT2D eigenvalue weighted by Crippen LogP contribution is 2.41. The molecule has 0 radical (unpaired) electrons. The molecule has 1 aromatic heterocycles. The highest BCUT2D eigenvalue weighted by atomic mass is 19.4. The second-order valence-corrected chi connectivity index (χ2v) is 11.1. The molecule has 2 heterocycles. The molecule has 4 rings (SSSR count). The number of hydrogen-bond acceptors (Lipinski definition) is 5. The number of likely N-dealkylation sites (N-methyl/N-ethyl adjacent to an activating group) is 1. The Morgan fingerprint density at radius 2 is 1.40 bits per heavy atom. The summed E-state index contributed by atoms with van der Waals surface area (Å²) in [5.74, 6) is -0.342. The summed E-state index contributed by atoms with van der Waals surface area (Å²) in [6, 6.07) is 10.1. The second kappa shape index (κ2) is 11.2. The number of alkyl halides is 6. The van der Waals surface area contributed by atoms with Gasteiger partial charge in [-0.05, 0) is 61.7 Å². The lowest BCUT2D eigenvalue weighted by Gasteiger charge is -2.35. The van der Waals surface area contributed by atoms with Crippen molar-refractivity contribution in [2.24, 2.45) is 0 Å². The number of nitrogens with zero attached hydrogens (tertiary/aromatic N) is 3. The van der Waals surface area contributed by atoms with E-state index in [1.807, 2.05) is 25.1 Å². The fraction of sp³-hybridized carbons (Fsp3) is 0.400. The molecule has 0 saturated carbocycles. The Hall–Kier alpha value is -3.64. The third kappa shape index (κ3) is 6.39. The smallest absolute Gasteiger partial charge is 0.391 e. The van der Waals surface area contributed by atoms with Crippen molar-refractivity contribution in [2.75, 3.05) is 29.9 Å². The molecular weight excluding hydrogens is 564 g/mol. The number of aliphatic hydroxyl groups is 2. The number of β-amino-alcohol motifs (C(OH)–C–C–N with tert-alkyl or cyclic N) is 2. The number of aryl methyl sites for hydroxylation is 1. The van der Waals surface area contributed by atoms with Crippen LogP contribution in [0.3, 0.4) is 0 Å². The van der Waals surface area contributed by atoms with Gasteiger partial charge in [-0.15, -0.1) is 0 Å². The van der Waals surface area contributed by atoms with Crippen LogP contribution in [-0.2, 0) is 22.6 Å². The number of hydrogen-bond donors (Lipinski definition) is 2. The normalized spacial score (nSPS) is 18.2. The van der Waals surface area contributed by atoms with E-state index in [-0.39, 0.29) is 31.3 Å². The van der Waals surface area contributed by atoms with Crippen LogP contribution in [0, 0.1) is 6.92 Å². The number of aliphatic hydroxyl groups excluding tert-OH is 2. The Morgan fingerprint density at radius 3 is 1.93 bits per heavy atom. The van der Waals surface area contributed by atoms with Crippen LogP contribution in [0.5, 0.6) is 0 Å². The van der Waals surface area contributed by atoms with Gasteiger partial charge in [0.2, 0.25) is 5.91 Å². The van der Waals surface area contributed by atoms with E-state index in [0.29, 0.717) is 29.1 Å². The van der Waals surface area contributed by atoms with Gasteiger partial charge in [-0.1, -0.05) is 24.3 Å². The fourth-order valence-electron chi connectivity index (χ4n) is 5.17. The van der Waals surface area contributed by atoms with E-state index >= 15 is 0 Å². The topological polar surface area (TPSA) is 76.9 Å². The molecule has 1 aliphatic heterocycles. The Balaban J connectivity index is 1.81. The Bertz CT molecular complexity index is 1430. The predicted octanol–water partition coefficient (Wildman–Crippen LogP) is 5.97. The van der Waals surface area contributed by atoms with Crippen molar-refractivity contribution in [3.05, 3.63) is 77.0 Å². The number of pyridine rings is 1. The largest absolute Gasteiger partial charge is 0.416 e. The highest BCUT2D eigenvalue weighted by Gasteiger charge is 2.41. The number of carbonyl (C=O) groups is 1. The average molecular weight is 596 g/mol. The van der Waals surface area contributed by atoms with Crippen LogP contribution in [0.2, 0.25) is 0 Å². The Kier molecular flexibility index (Phi) is 8.36. The van der Waals surface area contributed by atoms with Crippen LogP contribution in [-0.4, -0.2) is 53.4 Å². The number of piperidine rings is 1. The van der Waals surface area contributed by atoms with Crippen molar-refractivity contribution >= 4 is 17.4 Å². The third-order valence-electron chi connectivity index (χ3n) is 7.54. The SMILES string of the molecule is Cc1ccccc1-c1cc(N2C[C@H](O)C[C@@H](O)C2)ncc1N(C)C(=O)C(C)(C)c1cc(C(F)(F)F)cc(C(F)(F)F)c1. The van der Waals surface area contributed by atoms with Crippen molar-refractivity contribution in [1.29, 1.82) is 0 Å². The number of rotatable bonds is 5. The summed E-state index contributed by atoms with van der Waals surface area (Å²) < 4.78 is 81.4. The van der Waals surface area contributed by atoms with Gasteiger partial charge in [0.05, 0.1) is 40.6 Å². The van der Waals surface area contributed by atoms with Crippen molar-refractivity contribution in [2.45, 2.75) is 57.2 Å². The molecular formula is C30H31F6N3O3. The first kappa shape index (κ1) is 31.3. The third-order valence-corrected chi connectivity index (χ3v) is 7.54. The van der Waals surface area contributed by atoms with Crippen molar-refractivity contribution in [1.82, 2.24) is 4.98 Å². The first-order chi connectivity index (χ1) is 19.4. The average Bonchev–Trinajstić information content (AvgIpc) is 2.90. The molecule has 1 saturated heterocycles. The summed E-state index contributed by atoms with van der Waals surface area (Å²) in [4.78, 5) is 21.2. The van der Waals surface area contributed by atoms with Crippen LogP contribution in [0.15, 0.2) is 54.7 Å². The number of aromatic nitrogens is 1. The monoisotopic (exact) mass is 595 g/mol. The van der Waals surface area contributed by atoms with Gasteiger partial charge in [-0.3, -0.25) is 4.79 Å². The minimum absolute atomic E-state index is 0.0289. The highest BCUT2D eigenvalue weighted by molar-refractivity contribution is 6.03. The summed E-state index contributed by atoms with van der Waals surface area (Å²) in [7, 11) is 1.38. The van der Waals surface area contributed by atoms with Gasteiger partial charge in [0, 0.05) is 32.1 Å². The van der Waals surface area contributed by atoms with E-state index in [2.05, 4.69) is 4.98 Å². The lowest BCUT2D eigenvalue weighted by atomic mass is 9.81. The molecule has 2 N–H and O–H groups in total. The summed E-state index contributed by atoms with van der Waals surface area (Å²) in [5, 5.41) is 20.3. The maximum absolute atomic E-state index is 13.9. The van der Waals surface area contributed by atoms with Gasteiger partial charge >= 0.3 is 12.4 Å². The molecule has 12 heteroatoms. The standard InChI is InChI=1S/C30H31F6N3O3/c1-17-7-5-6-8-23(17)24-13-26(39-15-21(40)12-22(41)16-39)37-14-25(24)38(4)27(42)28(2,3)18-9-19(29(31,32)33)11-20(10-18)30(34,35)36/h5-11,13-14,21-22,40-41H,12,15-16H2,1-4H3/t21-,22-/m1/s1. The molecule has 0 unspecified atom stereocenters. The van der Waals surface area contributed by atoms with Crippen LogP contribution >= 0.6 is 0 Å². The second-order valence-electron chi connectivity index (χ2n) is 11.1. The Labute approximate surface area is 239 Å². The van der Waals surface area contributed by atoms with Crippen LogP contribution in [0.25, 0.3) is 11.1 Å². The molecule has 1 fully saturated rings. The fourth-order valence-corrected chi connectivity index (χ4v) is 5.17. The molecule has 42 heavy (non-hydrogen) atoms. The zero-order valence-corrected chi connectivity index (χ0v) is 23.4. The van der Waals surface area contributed by atoms with Crippen molar-refractivity contribution < 1.29 is 41.4 Å². The zero-order chi connectivity index (χ0) is 31.2.